The first-order valence-electron chi connectivity index (χ1n) is 8.22. The van der Waals surface area contributed by atoms with E-state index in [2.05, 4.69) is 5.32 Å². The first kappa shape index (κ1) is 18.8. The molecule has 0 radical (unpaired) electrons. The van der Waals surface area contributed by atoms with Gasteiger partial charge in [0, 0.05) is 13.0 Å². The molecule has 7 nitrogen and oxygen atoms in total. The van der Waals surface area contributed by atoms with E-state index in [0.717, 1.165) is 5.56 Å². The zero-order chi connectivity index (χ0) is 18.4. The quantitative estimate of drug-likeness (QED) is 0.907. The van der Waals surface area contributed by atoms with Crippen LogP contribution in [-0.2, 0) is 20.9 Å². The molecule has 1 atom stereocenters. The first-order valence-corrected chi connectivity index (χ1v) is 8.22. The summed E-state index contributed by atoms with van der Waals surface area (Å²) in [5, 5.41) is 2.52. The zero-order valence-electron chi connectivity index (χ0n) is 14.8. The molecule has 1 unspecified atom stereocenters. The molecule has 1 aromatic carbocycles. The van der Waals surface area contributed by atoms with Crippen LogP contribution in [0.15, 0.2) is 30.3 Å². The predicted octanol–water partition coefficient (Wildman–Crippen LogP) is 2.49. The molecule has 0 aliphatic carbocycles. The lowest BCUT2D eigenvalue weighted by molar-refractivity contribution is -0.123. The van der Waals surface area contributed by atoms with Crippen LogP contribution in [0.1, 0.15) is 32.8 Å². The smallest absolute Gasteiger partial charge is 0.410 e. The van der Waals surface area contributed by atoms with Gasteiger partial charge in [0.05, 0.1) is 6.54 Å². The van der Waals surface area contributed by atoms with Crippen molar-refractivity contribution in [2.24, 2.45) is 0 Å². The number of carbonyl (C=O) groups is 3. The molecule has 1 saturated heterocycles. The summed E-state index contributed by atoms with van der Waals surface area (Å²) < 4.78 is 10.4. The highest BCUT2D eigenvalue weighted by atomic mass is 16.6. The van der Waals surface area contributed by atoms with Crippen LogP contribution in [0.3, 0.4) is 0 Å². The van der Waals surface area contributed by atoms with Gasteiger partial charge in [-0.3, -0.25) is 4.79 Å². The van der Waals surface area contributed by atoms with Crippen molar-refractivity contribution in [3.05, 3.63) is 35.9 Å². The Bertz CT molecular complexity index is 624. The van der Waals surface area contributed by atoms with Crippen LogP contribution in [0.2, 0.25) is 0 Å². The number of amides is 2. The Labute approximate surface area is 147 Å². The van der Waals surface area contributed by atoms with Gasteiger partial charge in [0.15, 0.2) is 5.78 Å². The van der Waals surface area contributed by atoms with Gasteiger partial charge in [-0.15, -0.1) is 0 Å². The van der Waals surface area contributed by atoms with Crippen LogP contribution < -0.4 is 5.32 Å². The van der Waals surface area contributed by atoms with E-state index in [0.29, 0.717) is 0 Å². The molecule has 2 amide bonds. The Hall–Kier alpha value is -2.57. The molecule has 25 heavy (non-hydrogen) atoms. The van der Waals surface area contributed by atoms with E-state index in [1.54, 1.807) is 20.8 Å². The lowest BCUT2D eigenvalue weighted by Crippen LogP contribution is -2.55. The minimum absolute atomic E-state index is 0.0751. The van der Waals surface area contributed by atoms with Crippen molar-refractivity contribution < 1.29 is 23.9 Å². The van der Waals surface area contributed by atoms with Crippen molar-refractivity contribution >= 4 is 18.0 Å². The summed E-state index contributed by atoms with van der Waals surface area (Å²) in [7, 11) is 0. The number of ketones is 1. The van der Waals surface area contributed by atoms with Crippen molar-refractivity contribution in [3.8, 4) is 0 Å². The van der Waals surface area contributed by atoms with Gasteiger partial charge in [0.2, 0.25) is 0 Å². The van der Waals surface area contributed by atoms with Gasteiger partial charge in [-0.1, -0.05) is 30.3 Å². The standard InChI is InChI=1S/C18H24N2O5/c1-18(2,3)25-16(22)19-14-11-20(10-9-15(14)21)17(23)24-12-13-7-5-4-6-8-13/h4-8,14H,9-12H2,1-3H3,(H,19,22). The van der Waals surface area contributed by atoms with Crippen LogP contribution in [0.4, 0.5) is 9.59 Å². The molecule has 1 aliphatic heterocycles. The molecule has 0 aromatic heterocycles. The van der Waals surface area contributed by atoms with Gasteiger partial charge in [0.25, 0.3) is 0 Å². The summed E-state index contributed by atoms with van der Waals surface area (Å²) >= 11 is 0. The van der Waals surface area contributed by atoms with Crippen molar-refractivity contribution in [2.45, 2.75) is 45.4 Å². The van der Waals surface area contributed by atoms with E-state index >= 15 is 0 Å². The lowest BCUT2D eigenvalue weighted by atomic mass is 10.0. The highest BCUT2D eigenvalue weighted by Gasteiger charge is 2.32. The largest absolute Gasteiger partial charge is 0.445 e. The maximum Gasteiger partial charge on any atom is 0.410 e. The Balaban J connectivity index is 1.87. The highest BCUT2D eigenvalue weighted by molar-refractivity contribution is 5.89. The van der Waals surface area contributed by atoms with Crippen molar-refractivity contribution in [3.63, 3.8) is 0 Å². The van der Waals surface area contributed by atoms with Gasteiger partial charge in [0.1, 0.15) is 18.2 Å². The fraction of sp³-hybridized carbons (Fsp3) is 0.500. The molecule has 1 fully saturated rings. The SMILES string of the molecule is CC(C)(C)OC(=O)NC1CN(C(=O)OCc2ccccc2)CCC1=O. The molecule has 7 heteroatoms. The van der Waals surface area contributed by atoms with Gasteiger partial charge in [-0.2, -0.15) is 0 Å². The number of benzene rings is 1. The molecule has 1 N–H and O–H groups in total. The third-order valence-electron chi connectivity index (χ3n) is 3.57. The summed E-state index contributed by atoms with van der Waals surface area (Å²) in [5.41, 5.74) is 0.225. The van der Waals surface area contributed by atoms with Crippen LogP contribution in [0, 0.1) is 0 Å². The monoisotopic (exact) mass is 348 g/mol. The zero-order valence-corrected chi connectivity index (χ0v) is 14.8. The van der Waals surface area contributed by atoms with Crippen LogP contribution in [0.25, 0.3) is 0 Å². The van der Waals surface area contributed by atoms with E-state index in [1.165, 1.54) is 4.90 Å². The highest BCUT2D eigenvalue weighted by Crippen LogP contribution is 2.12. The molecule has 1 aliphatic rings. The number of hydrogen-bond acceptors (Lipinski definition) is 5. The summed E-state index contributed by atoms with van der Waals surface area (Å²) in [5.74, 6) is -0.127. The first-order chi connectivity index (χ1) is 11.7. The lowest BCUT2D eigenvalue weighted by Gasteiger charge is -2.32. The summed E-state index contributed by atoms with van der Waals surface area (Å²) in [6.07, 6.45) is -1.02. The van der Waals surface area contributed by atoms with Crippen LogP contribution in [0.5, 0.6) is 0 Å². The van der Waals surface area contributed by atoms with Gasteiger partial charge in [-0.25, -0.2) is 9.59 Å². The van der Waals surface area contributed by atoms with E-state index in [-0.39, 0.29) is 31.9 Å². The summed E-state index contributed by atoms with van der Waals surface area (Å²) in [4.78, 5) is 37.4. The minimum Gasteiger partial charge on any atom is -0.445 e. The second-order valence-electron chi connectivity index (χ2n) is 6.90. The Morgan fingerprint density at radius 2 is 1.92 bits per heavy atom. The number of likely N-dealkylation sites (tertiary alicyclic amines) is 1. The number of nitrogens with one attached hydrogen (secondary N) is 1. The molecular weight excluding hydrogens is 324 g/mol. The van der Waals surface area contributed by atoms with E-state index in [9.17, 15) is 14.4 Å². The fourth-order valence-electron chi connectivity index (χ4n) is 2.39. The topological polar surface area (TPSA) is 84.9 Å². The van der Waals surface area contributed by atoms with E-state index in [4.69, 9.17) is 9.47 Å². The molecule has 2 rings (SSSR count). The van der Waals surface area contributed by atoms with Gasteiger partial charge < -0.3 is 19.7 Å². The average Bonchev–Trinajstić information content (AvgIpc) is 2.54. The third kappa shape index (κ3) is 6.10. The second-order valence-corrected chi connectivity index (χ2v) is 6.90. The maximum absolute atomic E-state index is 12.2. The van der Waals surface area contributed by atoms with Crippen LogP contribution >= 0.6 is 0 Å². The van der Waals surface area contributed by atoms with Crippen molar-refractivity contribution in [1.29, 1.82) is 0 Å². The number of alkyl carbamates (subject to hydrolysis) is 1. The predicted molar refractivity (Wildman–Crippen MR) is 91.0 cm³/mol. The molecule has 0 bridgehead atoms. The minimum atomic E-state index is -0.784. The normalized spacial score (nSPS) is 17.8. The number of nitrogens with zero attached hydrogens (tertiary/aromatic N) is 1. The summed E-state index contributed by atoms with van der Waals surface area (Å²) in [6, 6.07) is 8.55. The number of rotatable bonds is 3. The third-order valence-corrected chi connectivity index (χ3v) is 3.57. The number of ether oxygens (including phenoxy) is 2. The number of piperidine rings is 1. The molecule has 136 valence electrons. The van der Waals surface area contributed by atoms with Crippen molar-refractivity contribution in [2.75, 3.05) is 13.1 Å². The average molecular weight is 348 g/mol. The molecule has 1 heterocycles. The van der Waals surface area contributed by atoms with Crippen molar-refractivity contribution in [1.82, 2.24) is 10.2 Å². The van der Waals surface area contributed by atoms with Gasteiger partial charge >= 0.3 is 12.2 Å². The second kappa shape index (κ2) is 8.00. The number of hydrogen-bond donors (Lipinski definition) is 1. The Morgan fingerprint density at radius 3 is 2.56 bits per heavy atom. The van der Waals surface area contributed by atoms with E-state index in [1.807, 2.05) is 30.3 Å². The number of Topliss-reactive ketones (excluding diaryl/α,β-unsaturated/α-hetero) is 1. The molecular formula is C18H24N2O5. The maximum atomic E-state index is 12.2. The molecule has 1 aromatic rings. The van der Waals surface area contributed by atoms with Gasteiger partial charge in [-0.05, 0) is 26.3 Å². The fourth-order valence-corrected chi connectivity index (χ4v) is 2.39. The Kier molecular flexibility index (Phi) is 6.01. The van der Waals surface area contributed by atoms with Crippen LogP contribution in [-0.4, -0.2) is 47.6 Å². The van der Waals surface area contributed by atoms with E-state index < -0.39 is 23.8 Å². The number of carbonyl (C=O) groups excluding carboxylic acids is 3. The summed E-state index contributed by atoms with van der Waals surface area (Å²) in [6.45, 7) is 5.73. The Morgan fingerprint density at radius 1 is 1.24 bits per heavy atom. The molecule has 0 saturated carbocycles. The molecule has 0 spiro atoms.